The number of hydrogen-bond acceptors (Lipinski definition) is 3. The number of nitrogens with zero attached hydrogens (tertiary/aromatic N) is 2. The molecule has 2 aromatic carbocycles. The third-order valence-corrected chi connectivity index (χ3v) is 3.71. The summed E-state index contributed by atoms with van der Waals surface area (Å²) in [6.45, 7) is 4.44. The van der Waals surface area contributed by atoms with Gasteiger partial charge in [-0.1, -0.05) is 46.6 Å². The van der Waals surface area contributed by atoms with Crippen LogP contribution in [-0.4, -0.2) is 16.8 Å². The topological polar surface area (TPSA) is 52.9 Å². The molecule has 1 amide bonds. The number of amides is 1. The average Bonchev–Trinajstić information content (AvgIpc) is 2.73. The molecule has 0 atom stereocenters. The SMILES string of the molecule is Cc1ccc(CN2C(=O)/C(=N\O)c3cc(C)ccc32)cc1. The van der Waals surface area contributed by atoms with Gasteiger partial charge in [0.25, 0.3) is 5.91 Å². The predicted molar refractivity (Wildman–Crippen MR) is 81.9 cm³/mol. The molecular weight excluding hydrogens is 264 g/mol. The molecule has 4 nitrogen and oxygen atoms in total. The van der Waals surface area contributed by atoms with Crippen molar-refractivity contribution in [3.05, 3.63) is 64.7 Å². The number of hydrogen-bond donors (Lipinski definition) is 1. The number of fused-ring (bicyclic) bond motifs is 1. The lowest BCUT2D eigenvalue weighted by Crippen LogP contribution is -2.29. The van der Waals surface area contributed by atoms with E-state index in [-0.39, 0.29) is 11.6 Å². The summed E-state index contributed by atoms with van der Waals surface area (Å²) in [7, 11) is 0. The zero-order valence-corrected chi connectivity index (χ0v) is 12.0. The van der Waals surface area contributed by atoms with Crippen LogP contribution < -0.4 is 4.90 Å². The Kier molecular flexibility index (Phi) is 3.22. The van der Waals surface area contributed by atoms with Crippen LogP contribution in [0.2, 0.25) is 0 Å². The number of carbonyl (C=O) groups excluding carboxylic acids is 1. The summed E-state index contributed by atoms with van der Waals surface area (Å²) < 4.78 is 0. The molecule has 0 fully saturated rings. The lowest BCUT2D eigenvalue weighted by atomic mass is 10.1. The second-order valence-electron chi connectivity index (χ2n) is 5.35. The Hall–Kier alpha value is -2.62. The molecule has 1 heterocycles. The molecular formula is C17H16N2O2. The molecule has 3 rings (SSSR count). The van der Waals surface area contributed by atoms with Crippen LogP contribution in [0, 0.1) is 13.8 Å². The number of benzene rings is 2. The molecule has 0 aliphatic carbocycles. The monoisotopic (exact) mass is 280 g/mol. The van der Waals surface area contributed by atoms with Crippen molar-refractivity contribution in [2.45, 2.75) is 20.4 Å². The molecule has 0 saturated carbocycles. The van der Waals surface area contributed by atoms with Crippen LogP contribution in [0.15, 0.2) is 47.6 Å². The molecule has 21 heavy (non-hydrogen) atoms. The molecule has 0 spiro atoms. The van der Waals surface area contributed by atoms with Crippen LogP contribution in [0.3, 0.4) is 0 Å². The number of carbonyl (C=O) groups is 1. The van der Waals surface area contributed by atoms with Crippen molar-refractivity contribution in [3.8, 4) is 0 Å². The van der Waals surface area contributed by atoms with Gasteiger partial charge in [-0.15, -0.1) is 0 Å². The van der Waals surface area contributed by atoms with E-state index in [1.54, 1.807) is 4.90 Å². The van der Waals surface area contributed by atoms with Gasteiger partial charge in [0.2, 0.25) is 0 Å². The van der Waals surface area contributed by atoms with Gasteiger partial charge in [-0.05, 0) is 31.5 Å². The third-order valence-electron chi connectivity index (χ3n) is 3.71. The van der Waals surface area contributed by atoms with E-state index >= 15 is 0 Å². The van der Waals surface area contributed by atoms with Gasteiger partial charge in [0, 0.05) is 5.56 Å². The molecule has 1 N–H and O–H groups in total. The molecule has 0 saturated heterocycles. The highest BCUT2D eigenvalue weighted by Gasteiger charge is 2.34. The summed E-state index contributed by atoms with van der Waals surface area (Å²) >= 11 is 0. The van der Waals surface area contributed by atoms with Crippen LogP contribution in [0.5, 0.6) is 0 Å². The maximum Gasteiger partial charge on any atom is 0.281 e. The molecule has 106 valence electrons. The van der Waals surface area contributed by atoms with E-state index < -0.39 is 0 Å². The average molecular weight is 280 g/mol. The van der Waals surface area contributed by atoms with Crippen LogP contribution in [-0.2, 0) is 11.3 Å². The number of aryl methyl sites for hydroxylation is 2. The number of rotatable bonds is 2. The van der Waals surface area contributed by atoms with Gasteiger partial charge in [0.05, 0.1) is 12.2 Å². The summed E-state index contributed by atoms with van der Waals surface area (Å²) in [4.78, 5) is 14.1. The Labute approximate surface area is 123 Å². The zero-order chi connectivity index (χ0) is 15.0. The minimum Gasteiger partial charge on any atom is -0.410 e. The van der Waals surface area contributed by atoms with Crippen molar-refractivity contribution in [1.82, 2.24) is 0 Å². The number of oxime groups is 1. The Morgan fingerprint density at radius 1 is 1.05 bits per heavy atom. The van der Waals surface area contributed by atoms with Gasteiger partial charge >= 0.3 is 0 Å². The summed E-state index contributed by atoms with van der Waals surface area (Å²) in [6, 6.07) is 13.8. The van der Waals surface area contributed by atoms with E-state index in [2.05, 4.69) is 5.16 Å². The zero-order valence-electron chi connectivity index (χ0n) is 12.0. The molecule has 1 aliphatic heterocycles. The molecule has 1 aliphatic rings. The van der Waals surface area contributed by atoms with Gasteiger partial charge in [0.1, 0.15) is 0 Å². The molecule has 0 aromatic heterocycles. The van der Waals surface area contributed by atoms with Gasteiger partial charge in [-0.25, -0.2) is 0 Å². The number of anilines is 1. The first-order valence-electron chi connectivity index (χ1n) is 6.80. The smallest absolute Gasteiger partial charge is 0.281 e. The Bertz CT molecular complexity index is 733. The summed E-state index contributed by atoms with van der Waals surface area (Å²) in [5, 5.41) is 12.3. The predicted octanol–water partition coefficient (Wildman–Crippen LogP) is 3.03. The lowest BCUT2D eigenvalue weighted by molar-refractivity contribution is -0.112. The van der Waals surface area contributed by atoms with Crippen LogP contribution >= 0.6 is 0 Å². The standard InChI is InChI=1S/C17H16N2O2/c1-11-3-6-13(7-4-11)10-19-15-8-5-12(2)9-14(15)16(18-21)17(19)20/h3-9,21H,10H2,1-2H3/b18-16-. The van der Waals surface area contributed by atoms with Crippen molar-refractivity contribution >= 4 is 17.3 Å². The Morgan fingerprint density at radius 3 is 2.38 bits per heavy atom. The molecule has 0 unspecified atom stereocenters. The van der Waals surface area contributed by atoms with E-state index in [1.807, 2.05) is 56.3 Å². The van der Waals surface area contributed by atoms with Crippen molar-refractivity contribution in [1.29, 1.82) is 0 Å². The highest BCUT2D eigenvalue weighted by molar-refractivity contribution is 6.54. The van der Waals surface area contributed by atoms with Crippen molar-refractivity contribution in [2.24, 2.45) is 5.16 Å². The minimum absolute atomic E-state index is 0.112. The van der Waals surface area contributed by atoms with E-state index in [4.69, 9.17) is 5.21 Å². The van der Waals surface area contributed by atoms with E-state index in [9.17, 15) is 4.79 Å². The molecule has 4 heteroatoms. The lowest BCUT2D eigenvalue weighted by Gasteiger charge is -2.17. The highest BCUT2D eigenvalue weighted by Crippen LogP contribution is 2.31. The summed E-state index contributed by atoms with van der Waals surface area (Å²) in [6.07, 6.45) is 0. The highest BCUT2D eigenvalue weighted by atomic mass is 16.4. The molecule has 0 bridgehead atoms. The van der Waals surface area contributed by atoms with E-state index in [0.29, 0.717) is 12.1 Å². The Morgan fingerprint density at radius 2 is 1.71 bits per heavy atom. The molecule has 0 radical (unpaired) electrons. The maximum atomic E-state index is 12.4. The fraction of sp³-hybridized carbons (Fsp3) is 0.176. The van der Waals surface area contributed by atoms with Gasteiger partial charge in [0.15, 0.2) is 5.71 Å². The quantitative estimate of drug-likeness (QED) is 0.679. The first kappa shape index (κ1) is 13.4. The maximum absolute atomic E-state index is 12.4. The van der Waals surface area contributed by atoms with Crippen LogP contribution in [0.4, 0.5) is 5.69 Å². The van der Waals surface area contributed by atoms with E-state index in [1.165, 1.54) is 5.56 Å². The molecule has 2 aromatic rings. The normalized spacial score (nSPS) is 15.6. The van der Waals surface area contributed by atoms with Gasteiger partial charge in [-0.3, -0.25) is 4.79 Å². The second-order valence-corrected chi connectivity index (χ2v) is 5.35. The largest absolute Gasteiger partial charge is 0.410 e. The van der Waals surface area contributed by atoms with Crippen molar-refractivity contribution in [2.75, 3.05) is 4.90 Å². The first-order valence-corrected chi connectivity index (χ1v) is 6.80. The van der Waals surface area contributed by atoms with Gasteiger partial charge < -0.3 is 10.1 Å². The van der Waals surface area contributed by atoms with Crippen LogP contribution in [0.1, 0.15) is 22.3 Å². The minimum atomic E-state index is -0.265. The van der Waals surface area contributed by atoms with E-state index in [0.717, 1.165) is 16.8 Å². The fourth-order valence-electron chi connectivity index (χ4n) is 2.56. The third kappa shape index (κ3) is 2.29. The summed E-state index contributed by atoms with van der Waals surface area (Å²) in [5.74, 6) is -0.265. The fourth-order valence-corrected chi connectivity index (χ4v) is 2.56. The summed E-state index contributed by atoms with van der Waals surface area (Å²) in [5.41, 5.74) is 4.84. The van der Waals surface area contributed by atoms with Gasteiger partial charge in [-0.2, -0.15) is 0 Å². The first-order chi connectivity index (χ1) is 10.1. The second kappa shape index (κ2) is 5.05. The Balaban J connectivity index is 2.00. The van der Waals surface area contributed by atoms with Crippen molar-refractivity contribution in [3.63, 3.8) is 0 Å². The van der Waals surface area contributed by atoms with Crippen molar-refractivity contribution < 1.29 is 10.0 Å². The van der Waals surface area contributed by atoms with Crippen LogP contribution in [0.25, 0.3) is 0 Å².